The van der Waals surface area contributed by atoms with Gasteiger partial charge in [-0.05, 0) is 19.4 Å². The van der Waals surface area contributed by atoms with Crippen molar-refractivity contribution in [1.29, 1.82) is 0 Å². The Morgan fingerprint density at radius 1 is 1.59 bits per heavy atom. The Hall–Kier alpha value is -2.11. The molecule has 0 saturated carbocycles. The molecule has 0 aliphatic carbocycles. The molecule has 0 atom stereocenters. The van der Waals surface area contributed by atoms with Crippen LogP contribution >= 0.6 is 0 Å². The molecule has 1 N–H and O–H groups in total. The van der Waals surface area contributed by atoms with Crippen molar-refractivity contribution in [2.75, 3.05) is 6.54 Å². The summed E-state index contributed by atoms with van der Waals surface area (Å²) in [5, 5.41) is 10.5. The summed E-state index contributed by atoms with van der Waals surface area (Å²) in [5.74, 6) is 0.0210. The number of nitrogens with zero attached hydrogens (tertiary/aromatic N) is 3. The Labute approximate surface area is 98.6 Å². The normalized spacial score (nSPS) is 10.4. The van der Waals surface area contributed by atoms with Gasteiger partial charge in [0.15, 0.2) is 0 Å². The molecule has 0 radical (unpaired) electrons. The van der Waals surface area contributed by atoms with Crippen molar-refractivity contribution in [1.82, 2.24) is 20.3 Å². The number of nitrogens with one attached hydrogen (secondary N) is 1. The van der Waals surface area contributed by atoms with Crippen LogP contribution in [0.1, 0.15) is 22.7 Å². The molecule has 0 fully saturated rings. The Morgan fingerprint density at radius 2 is 2.47 bits per heavy atom. The molecule has 17 heavy (non-hydrogen) atoms. The minimum Gasteiger partial charge on any atom is -0.351 e. The lowest BCUT2D eigenvalue weighted by molar-refractivity contribution is 0.0915. The zero-order valence-corrected chi connectivity index (χ0v) is 9.59. The number of carbonyl (C=O) groups excluding carboxylic acids is 1. The second-order valence-electron chi connectivity index (χ2n) is 3.71. The molecule has 2 heterocycles. The molecule has 6 nitrogen and oxygen atoms in total. The van der Waals surface area contributed by atoms with Gasteiger partial charge in [-0.25, -0.2) is 0 Å². The molecule has 0 aliphatic heterocycles. The fraction of sp³-hybridized carbons (Fsp3) is 0.364. The van der Waals surface area contributed by atoms with E-state index in [4.69, 9.17) is 4.52 Å². The van der Waals surface area contributed by atoms with Gasteiger partial charge in [-0.15, -0.1) is 0 Å². The Morgan fingerprint density at radius 3 is 3.12 bits per heavy atom. The van der Waals surface area contributed by atoms with Crippen LogP contribution in [0.4, 0.5) is 0 Å². The molecular weight excluding hydrogens is 220 g/mol. The lowest BCUT2D eigenvalue weighted by Gasteiger charge is -2.02. The first-order valence-corrected chi connectivity index (χ1v) is 5.44. The topological polar surface area (TPSA) is 73.0 Å². The first-order chi connectivity index (χ1) is 8.25. The second kappa shape index (κ2) is 5.29. The van der Waals surface area contributed by atoms with E-state index in [1.165, 1.54) is 0 Å². The van der Waals surface area contributed by atoms with Crippen LogP contribution in [0.5, 0.6) is 0 Å². The van der Waals surface area contributed by atoms with Crippen molar-refractivity contribution < 1.29 is 9.32 Å². The molecule has 2 aromatic rings. The van der Waals surface area contributed by atoms with Crippen LogP contribution in [0, 0.1) is 6.92 Å². The second-order valence-corrected chi connectivity index (χ2v) is 3.71. The third-order valence-electron chi connectivity index (χ3n) is 2.26. The van der Waals surface area contributed by atoms with E-state index in [0.29, 0.717) is 12.2 Å². The molecule has 0 unspecified atom stereocenters. The van der Waals surface area contributed by atoms with E-state index in [9.17, 15) is 4.79 Å². The summed E-state index contributed by atoms with van der Waals surface area (Å²) < 4.78 is 6.67. The number of hydrogen-bond acceptors (Lipinski definition) is 4. The molecule has 0 spiro atoms. The van der Waals surface area contributed by atoms with Crippen LogP contribution in [0.3, 0.4) is 0 Å². The summed E-state index contributed by atoms with van der Waals surface area (Å²) in [4.78, 5) is 11.6. The van der Waals surface area contributed by atoms with Crippen molar-refractivity contribution in [3.63, 3.8) is 0 Å². The highest BCUT2D eigenvalue weighted by Crippen LogP contribution is 2.01. The van der Waals surface area contributed by atoms with Crippen molar-refractivity contribution in [2.45, 2.75) is 19.9 Å². The summed E-state index contributed by atoms with van der Waals surface area (Å²) in [5.41, 5.74) is 0.701. The number of amides is 1. The molecule has 1 amide bonds. The monoisotopic (exact) mass is 234 g/mol. The minimum atomic E-state index is -0.230. The number of hydrogen-bond donors (Lipinski definition) is 1. The van der Waals surface area contributed by atoms with Crippen LogP contribution in [0.15, 0.2) is 29.0 Å². The summed E-state index contributed by atoms with van der Waals surface area (Å²) in [6.45, 7) is 3.14. The largest absolute Gasteiger partial charge is 0.351 e. The van der Waals surface area contributed by atoms with Crippen LogP contribution in [-0.4, -0.2) is 27.4 Å². The van der Waals surface area contributed by atoms with Crippen LogP contribution in [0.2, 0.25) is 0 Å². The van der Waals surface area contributed by atoms with Gasteiger partial charge < -0.3 is 9.84 Å². The van der Waals surface area contributed by atoms with Crippen LogP contribution in [-0.2, 0) is 6.54 Å². The number of aryl methyl sites for hydroxylation is 2. The van der Waals surface area contributed by atoms with Crippen molar-refractivity contribution in [2.24, 2.45) is 0 Å². The van der Waals surface area contributed by atoms with E-state index >= 15 is 0 Å². The van der Waals surface area contributed by atoms with Gasteiger partial charge in [0.25, 0.3) is 5.91 Å². The number of aromatic nitrogens is 3. The van der Waals surface area contributed by atoms with Gasteiger partial charge in [0.1, 0.15) is 0 Å². The molecule has 2 rings (SSSR count). The van der Waals surface area contributed by atoms with Gasteiger partial charge in [0.05, 0.1) is 5.69 Å². The van der Waals surface area contributed by atoms with E-state index in [2.05, 4.69) is 15.6 Å². The van der Waals surface area contributed by atoms with E-state index in [-0.39, 0.29) is 11.7 Å². The summed E-state index contributed by atoms with van der Waals surface area (Å²) in [6, 6.07) is 3.48. The Balaban J connectivity index is 1.70. The fourth-order valence-corrected chi connectivity index (χ4v) is 1.43. The lowest BCUT2D eigenvalue weighted by Crippen LogP contribution is -2.24. The minimum absolute atomic E-state index is 0.230. The maximum atomic E-state index is 11.6. The van der Waals surface area contributed by atoms with E-state index in [1.54, 1.807) is 19.2 Å². The molecule has 6 heteroatoms. The third-order valence-corrected chi connectivity index (χ3v) is 2.26. The molecule has 90 valence electrons. The fourth-order valence-electron chi connectivity index (χ4n) is 1.43. The maximum absolute atomic E-state index is 11.6. The van der Waals surface area contributed by atoms with Gasteiger partial charge in [0, 0.05) is 31.5 Å². The van der Waals surface area contributed by atoms with Gasteiger partial charge in [0.2, 0.25) is 5.76 Å². The Bertz CT molecular complexity index is 475. The highest BCUT2D eigenvalue weighted by atomic mass is 16.5. The summed E-state index contributed by atoms with van der Waals surface area (Å²) in [7, 11) is 0. The van der Waals surface area contributed by atoms with E-state index in [0.717, 1.165) is 13.0 Å². The summed E-state index contributed by atoms with van der Waals surface area (Å²) >= 11 is 0. The first kappa shape index (κ1) is 11.4. The first-order valence-electron chi connectivity index (χ1n) is 5.44. The van der Waals surface area contributed by atoms with Crippen molar-refractivity contribution in [3.8, 4) is 0 Å². The lowest BCUT2D eigenvalue weighted by atomic mass is 10.3. The molecule has 0 aliphatic rings. The van der Waals surface area contributed by atoms with Crippen LogP contribution < -0.4 is 5.32 Å². The average Bonchev–Trinajstić information content (AvgIpc) is 2.95. The zero-order valence-electron chi connectivity index (χ0n) is 9.59. The molecule has 0 aromatic carbocycles. The van der Waals surface area contributed by atoms with Gasteiger partial charge in [-0.3, -0.25) is 9.48 Å². The SMILES string of the molecule is Cc1cc(C(=O)NCCCn2cccn2)on1. The highest BCUT2D eigenvalue weighted by Gasteiger charge is 2.10. The molecule has 0 bridgehead atoms. The highest BCUT2D eigenvalue weighted by molar-refractivity contribution is 5.91. The quantitative estimate of drug-likeness (QED) is 0.783. The van der Waals surface area contributed by atoms with Crippen LogP contribution in [0.25, 0.3) is 0 Å². The van der Waals surface area contributed by atoms with E-state index in [1.807, 2.05) is 16.9 Å². The van der Waals surface area contributed by atoms with Gasteiger partial charge in [-0.1, -0.05) is 5.16 Å². The smallest absolute Gasteiger partial charge is 0.289 e. The Kier molecular flexibility index (Phi) is 3.54. The average molecular weight is 234 g/mol. The van der Waals surface area contributed by atoms with Gasteiger partial charge >= 0.3 is 0 Å². The summed E-state index contributed by atoms with van der Waals surface area (Å²) in [6.07, 6.45) is 4.44. The molecule has 2 aromatic heterocycles. The number of rotatable bonds is 5. The molecular formula is C11H14N4O2. The predicted molar refractivity (Wildman–Crippen MR) is 60.4 cm³/mol. The number of carbonyl (C=O) groups is 1. The van der Waals surface area contributed by atoms with Crippen molar-refractivity contribution >= 4 is 5.91 Å². The third kappa shape index (κ3) is 3.17. The maximum Gasteiger partial charge on any atom is 0.289 e. The predicted octanol–water partition coefficient (Wildman–Crippen LogP) is 1.000. The van der Waals surface area contributed by atoms with E-state index < -0.39 is 0 Å². The van der Waals surface area contributed by atoms with Gasteiger partial charge in [-0.2, -0.15) is 5.10 Å². The zero-order chi connectivity index (χ0) is 12.1. The molecule has 0 saturated heterocycles. The standard InChI is InChI=1S/C11H14N4O2/c1-9-8-10(17-14-9)11(16)12-4-2-6-15-7-3-5-13-15/h3,5,7-8H,2,4,6H2,1H3,(H,12,16). The van der Waals surface area contributed by atoms with Crippen molar-refractivity contribution in [3.05, 3.63) is 36.0 Å².